The van der Waals surface area contributed by atoms with Gasteiger partial charge in [-0.25, -0.2) is 0 Å². The second kappa shape index (κ2) is 5.17. The summed E-state index contributed by atoms with van der Waals surface area (Å²) in [5, 5.41) is 9.02. The van der Waals surface area contributed by atoms with Crippen molar-refractivity contribution in [2.45, 2.75) is 6.42 Å². The maximum Gasteiger partial charge on any atom is 0.120 e. The zero-order chi connectivity index (χ0) is 10.4. The first-order valence-corrected chi connectivity index (χ1v) is 4.41. The van der Waals surface area contributed by atoms with E-state index >= 15 is 0 Å². The Morgan fingerprint density at radius 1 is 1.50 bits per heavy atom. The van der Waals surface area contributed by atoms with Crippen molar-refractivity contribution in [3.8, 4) is 24.2 Å². The van der Waals surface area contributed by atoms with Crippen molar-refractivity contribution >= 4 is 11.6 Å². The lowest BCUT2D eigenvalue weighted by molar-refractivity contribution is 0.327. The molecule has 0 spiro atoms. The van der Waals surface area contributed by atoms with Gasteiger partial charge in [0.05, 0.1) is 17.2 Å². The lowest BCUT2D eigenvalue weighted by atomic mass is 10.2. The van der Waals surface area contributed by atoms with Crippen molar-refractivity contribution < 1.29 is 4.74 Å². The highest BCUT2D eigenvalue weighted by atomic mass is 35.5. The summed E-state index contributed by atoms with van der Waals surface area (Å²) in [6.45, 7) is 0.457. The Balaban J connectivity index is 2.69. The molecule has 0 aliphatic carbocycles. The van der Waals surface area contributed by atoms with Crippen LogP contribution >= 0.6 is 11.6 Å². The topological polar surface area (TPSA) is 33.0 Å². The van der Waals surface area contributed by atoms with Gasteiger partial charge in [-0.2, -0.15) is 5.26 Å². The van der Waals surface area contributed by atoms with Crippen LogP contribution in [-0.4, -0.2) is 6.61 Å². The van der Waals surface area contributed by atoms with Crippen LogP contribution in [0.15, 0.2) is 18.2 Å². The number of terminal acetylenes is 1. The van der Waals surface area contributed by atoms with Crippen LogP contribution in [0.5, 0.6) is 5.75 Å². The van der Waals surface area contributed by atoms with Crippen LogP contribution in [0.3, 0.4) is 0 Å². The third kappa shape index (κ3) is 2.69. The molecular weight excluding hydrogens is 198 g/mol. The summed E-state index contributed by atoms with van der Waals surface area (Å²) in [5.41, 5.74) is 0.441. The van der Waals surface area contributed by atoms with Gasteiger partial charge in [-0.3, -0.25) is 0 Å². The number of nitriles is 1. The van der Waals surface area contributed by atoms with Crippen LogP contribution < -0.4 is 4.74 Å². The average Bonchev–Trinajstić information content (AvgIpc) is 2.18. The quantitative estimate of drug-likeness (QED) is 0.561. The van der Waals surface area contributed by atoms with Gasteiger partial charge >= 0.3 is 0 Å². The second-order valence-electron chi connectivity index (χ2n) is 2.56. The molecule has 14 heavy (non-hydrogen) atoms. The van der Waals surface area contributed by atoms with E-state index in [2.05, 4.69) is 5.92 Å². The molecule has 1 rings (SSSR count). The molecule has 0 radical (unpaired) electrons. The van der Waals surface area contributed by atoms with Crippen molar-refractivity contribution in [3.05, 3.63) is 28.8 Å². The molecule has 0 saturated carbocycles. The highest BCUT2D eigenvalue weighted by Crippen LogP contribution is 2.21. The molecule has 70 valence electrons. The fourth-order valence-corrected chi connectivity index (χ4v) is 1.12. The minimum atomic E-state index is 0.394. The monoisotopic (exact) mass is 205 g/mol. The summed E-state index contributed by atoms with van der Waals surface area (Å²) in [7, 11) is 0. The van der Waals surface area contributed by atoms with Crippen LogP contribution in [0, 0.1) is 23.7 Å². The summed E-state index contributed by atoms with van der Waals surface area (Å²) < 4.78 is 5.29. The van der Waals surface area contributed by atoms with Gasteiger partial charge in [0.15, 0.2) is 0 Å². The standard InChI is InChI=1S/C11H8ClNO/c1-2-3-6-14-10-5-4-9(8-13)11(12)7-10/h1,4-5,7H,3,6H2. The molecule has 3 heteroatoms. The molecule has 1 aromatic rings. The Kier molecular flexibility index (Phi) is 3.85. The van der Waals surface area contributed by atoms with Crippen LogP contribution in [0.1, 0.15) is 12.0 Å². The molecule has 0 aliphatic heterocycles. The highest BCUT2D eigenvalue weighted by molar-refractivity contribution is 6.31. The number of rotatable bonds is 3. The van der Waals surface area contributed by atoms with Gasteiger partial charge in [-0.1, -0.05) is 11.6 Å². The highest BCUT2D eigenvalue weighted by Gasteiger charge is 2.00. The second-order valence-corrected chi connectivity index (χ2v) is 2.96. The molecular formula is C11H8ClNO. The third-order valence-corrected chi connectivity index (χ3v) is 1.89. The fraction of sp³-hybridized carbons (Fsp3) is 0.182. The van der Waals surface area contributed by atoms with E-state index in [0.29, 0.717) is 29.4 Å². The largest absolute Gasteiger partial charge is 0.493 e. The number of benzene rings is 1. The van der Waals surface area contributed by atoms with E-state index in [1.807, 2.05) is 6.07 Å². The average molecular weight is 206 g/mol. The molecule has 0 unspecified atom stereocenters. The SMILES string of the molecule is C#CCCOc1ccc(C#N)c(Cl)c1. The lowest BCUT2D eigenvalue weighted by Gasteiger charge is -2.04. The number of hydrogen-bond acceptors (Lipinski definition) is 2. The molecule has 0 aliphatic rings. The summed E-state index contributed by atoms with van der Waals surface area (Å²) in [6.07, 6.45) is 5.62. The summed E-state index contributed by atoms with van der Waals surface area (Å²) in [6, 6.07) is 6.89. The predicted molar refractivity (Wildman–Crippen MR) is 55.1 cm³/mol. The van der Waals surface area contributed by atoms with Gasteiger partial charge in [-0.15, -0.1) is 12.3 Å². The Hall–Kier alpha value is -1.64. The summed E-state index contributed by atoms with van der Waals surface area (Å²) >= 11 is 5.80. The maximum atomic E-state index is 8.62. The van der Waals surface area contributed by atoms with E-state index in [9.17, 15) is 0 Å². The van der Waals surface area contributed by atoms with Crippen molar-refractivity contribution in [3.63, 3.8) is 0 Å². The Morgan fingerprint density at radius 3 is 2.86 bits per heavy atom. The normalized spacial score (nSPS) is 8.79. The van der Waals surface area contributed by atoms with Gasteiger partial charge in [0, 0.05) is 12.5 Å². The number of halogens is 1. The Morgan fingerprint density at radius 2 is 2.29 bits per heavy atom. The van der Waals surface area contributed by atoms with Crippen molar-refractivity contribution in [2.24, 2.45) is 0 Å². The van der Waals surface area contributed by atoms with Crippen molar-refractivity contribution in [1.82, 2.24) is 0 Å². The van der Waals surface area contributed by atoms with Crippen LogP contribution in [0.2, 0.25) is 5.02 Å². The zero-order valence-corrected chi connectivity index (χ0v) is 8.21. The minimum Gasteiger partial charge on any atom is -0.493 e. The third-order valence-electron chi connectivity index (χ3n) is 1.58. The number of hydrogen-bond donors (Lipinski definition) is 0. The Bertz CT molecular complexity index is 401. The molecule has 0 heterocycles. The molecule has 0 aromatic heterocycles. The van der Waals surface area contributed by atoms with Gasteiger partial charge in [-0.05, 0) is 12.1 Å². The van der Waals surface area contributed by atoms with E-state index in [1.165, 1.54) is 0 Å². The maximum absolute atomic E-state index is 8.62. The van der Waals surface area contributed by atoms with E-state index < -0.39 is 0 Å². The fourth-order valence-electron chi connectivity index (χ4n) is 0.904. The number of nitrogens with zero attached hydrogens (tertiary/aromatic N) is 1. The Labute approximate surface area is 88.1 Å². The molecule has 0 fully saturated rings. The smallest absolute Gasteiger partial charge is 0.120 e. The van der Waals surface area contributed by atoms with Gasteiger partial charge in [0.2, 0.25) is 0 Å². The summed E-state index contributed by atoms with van der Waals surface area (Å²) in [5.74, 6) is 3.09. The van der Waals surface area contributed by atoms with E-state index in [0.717, 1.165) is 0 Å². The first kappa shape index (κ1) is 10.4. The first-order chi connectivity index (χ1) is 6.77. The molecule has 0 N–H and O–H groups in total. The van der Waals surface area contributed by atoms with Crippen LogP contribution in [0.4, 0.5) is 0 Å². The van der Waals surface area contributed by atoms with E-state index in [-0.39, 0.29) is 0 Å². The van der Waals surface area contributed by atoms with Crippen LogP contribution in [0.25, 0.3) is 0 Å². The molecule has 0 amide bonds. The molecule has 2 nitrogen and oxygen atoms in total. The molecule has 0 saturated heterocycles. The van der Waals surface area contributed by atoms with E-state index in [1.54, 1.807) is 18.2 Å². The van der Waals surface area contributed by atoms with Crippen molar-refractivity contribution in [1.29, 1.82) is 5.26 Å². The number of ether oxygens (including phenoxy) is 1. The van der Waals surface area contributed by atoms with Gasteiger partial charge in [0.1, 0.15) is 11.8 Å². The van der Waals surface area contributed by atoms with Gasteiger partial charge in [0.25, 0.3) is 0 Å². The molecule has 0 bridgehead atoms. The van der Waals surface area contributed by atoms with E-state index in [4.69, 9.17) is 28.0 Å². The predicted octanol–water partition coefficient (Wildman–Crippen LogP) is 2.61. The first-order valence-electron chi connectivity index (χ1n) is 4.04. The molecule has 1 aromatic carbocycles. The van der Waals surface area contributed by atoms with Gasteiger partial charge < -0.3 is 4.74 Å². The lowest BCUT2D eigenvalue weighted by Crippen LogP contribution is -1.95. The minimum absolute atomic E-state index is 0.394. The van der Waals surface area contributed by atoms with Crippen molar-refractivity contribution in [2.75, 3.05) is 6.61 Å². The van der Waals surface area contributed by atoms with Crippen LogP contribution in [-0.2, 0) is 0 Å². The zero-order valence-electron chi connectivity index (χ0n) is 7.46. The summed E-state index contributed by atoms with van der Waals surface area (Å²) in [4.78, 5) is 0. The molecule has 0 atom stereocenters.